The highest BCUT2D eigenvalue weighted by molar-refractivity contribution is 9.10. The van der Waals surface area contributed by atoms with Crippen LogP contribution in [0.25, 0.3) is 6.08 Å². The van der Waals surface area contributed by atoms with E-state index in [0.717, 1.165) is 26.3 Å². The van der Waals surface area contributed by atoms with Crippen molar-refractivity contribution in [2.45, 2.75) is 13.2 Å². The zero-order valence-electron chi connectivity index (χ0n) is 16.6. The van der Waals surface area contributed by atoms with Gasteiger partial charge in [-0.25, -0.2) is 4.39 Å². The summed E-state index contributed by atoms with van der Waals surface area (Å²) >= 11 is 7.69. The highest BCUT2D eigenvalue weighted by Crippen LogP contribution is 2.36. The number of rotatable bonds is 6. The number of carbonyl (C=O) groups is 2. The monoisotopic (exact) mass is 575 g/mol. The standard InChI is InChI=1S/C24H16Br2FNO3S/c25-18-7-5-15(6-8-18)13-28-23(29)22(32-24(28)30)12-17-11-19(26)9-10-21(17)31-14-16-3-1-2-4-20(16)27/h1-12H,13-14H2/b22-12-. The van der Waals surface area contributed by atoms with Gasteiger partial charge in [-0.3, -0.25) is 14.5 Å². The lowest BCUT2D eigenvalue weighted by Crippen LogP contribution is -2.27. The van der Waals surface area contributed by atoms with Crippen LogP contribution in [0.5, 0.6) is 5.75 Å². The third-order valence-electron chi connectivity index (χ3n) is 4.73. The van der Waals surface area contributed by atoms with Crippen molar-refractivity contribution in [2.24, 2.45) is 0 Å². The SMILES string of the molecule is O=C1S/C(=C\c2cc(Br)ccc2OCc2ccccc2F)C(=O)N1Cc1ccc(Br)cc1. The van der Waals surface area contributed by atoms with Crippen LogP contribution in [0.2, 0.25) is 0 Å². The maximum atomic E-state index is 13.9. The second-order valence-corrected chi connectivity index (χ2v) is 9.78. The minimum absolute atomic E-state index is 0.0419. The Balaban J connectivity index is 1.55. The average molecular weight is 577 g/mol. The van der Waals surface area contributed by atoms with Gasteiger partial charge in [-0.2, -0.15) is 0 Å². The first-order chi connectivity index (χ1) is 15.4. The van der Waals surface area contributed by atoms with Crippen molar-refractivity contribution in [3.8, 4) is 5.75 Å². The minimum Gasteiger partial charge on any atom is -0.488 e. The molecule has 3 aromatic carbocycles. The Morgan fingerprint density at radius 1 is 0.969 bits per heavy atom. The molecule has 0 unspecified atom stereocenters. The van der Waals surface area contributed by atoms with Crippen molar-refractivity contribution in [2.75, 3.05) is 0 Å². The maximum Gasteiger partial charge on any atom is 0.293 e. The number of ether oxygens (including phenoxy) is 1. The Labute approximate surface area is 205 Å². The Kier molecular flexibility index (Phi) is 7.13. The fourth-order valence-corrected chi connectivity index (χ4v) is 4.56. The molecule has 4 rings (SSSR count). The molecule has 0 spiro atoms. The Bertz CT molecular complexity index is 1210. The number of hydrogen-bond donors (Lipinski definition) is 0. The van der Waals surface area contributed by atoms with E-state index in [1.165, 1.54) is 11.0 Å². The van der Waals surface area contributed by atoms with Crippen molar-refractivity contribution in [1.29, 1.82) is 0 Å². The molecule has 4 nitrogen and oxygen atoms in total. The molecule has 3 aromatic rings. The maximum absolute atomic E-state index is 13.9. The largest absolute Gasteiger partial charge is 0.488 e. The lowest BCUT2D eigenvalue weighted by atomic mass is 10.1. The molecule has 0 bridgehead atoms. The van der Waals surface area contributed by atoms with Gasteiger partial charge < -0.3 is 4.74 Å². The van der Waals surface area contributed by atoms with E-state index in [1.807, 2.05) is 24.3 Å². The summed E-state index contributed by atoms with van der Waals surface area (Å²) in [5.74, 6) is -0.223. The molecule has 32 heavy (non-hydrogen) atoms. The van der Waals surface area contributed by atoms with Crippen LogP contribution in [-0.4, -0.2) is 16.0 Å². The smallest absolute Gasteiger partial charge is 0.293 e. The fourth-order valence-electron chi connectivity index (χ4n) is 3.08. The molecule has 1 aliphatic heterocycles. The van der Waals surface area contributed by atoms with E-state index in [-0.39, 0.29) is 30.1 Å². The number of halogens is 3. The normalized spacial score (nSPS) is 15.0. The van der Waals surface area contributed by atoms with Gasteiger partial charge in [0.1, 0.15) is 18.2 Å². The minimum atomic E-state index is -0.358. The second kappa shape index (κ2) is 10.0. The first-order valence-corrected chi connectivity index (χ1v) is 12.0. The summed E-state index contributed by atoms with van der Waals surface area (Å²) in [4.78, 5) is 26.9. The molecule has 1 saturated heterocycles. The number of nitrogens with zero attached hydrogens (tertiary/aromatic N) is 1. The summed E-state index contributed by atoms with van der Waals surface area (Å²) in [6.07, 6.45) is 1.63. The second-order valence-electron chi connectivity index (χ2n) is 6.96. The fraction of sp³-hybridized carbons (Fsp3) is 0.0833. The van der Waals surface area contributed by atoms with Gasteiger partial charge in [0.2, 0.25) is 0 Å². The number of carbonyl (C=O) groups excluding carboxylic acids is 2. The van der Waals surface area contributed by atoms with Crippen LogP contribution in [0.4, 0.5) is 9.18 Å². The molecule has 0 N–H and O–H groups in total. The van der Waals surface area contributed by atoms with Gasteiger partial charge in [0.25, 0.3) is 11.1 Å². The van der Waals surface area contributed by atoms with E-state index < -0.39 is 0 Å². The molecule has 0 radical (unpaired) electrons. The first kappa shape index (κ1) is 22.8. The van der Waals surface area contributed by atoms with Gasteiger partial charge in [-0.1, -0.05) is 62.2 Å². The first-order valence-electron chi connectivity index (χ1n) is 9.56. The average Bonchev–Trinajstić information content (AvgIpc) is 3.03. The zero-order valence-corrected chi connectivity index (χ0v) is 20.5. The lowest BCUT2D eigenvalue weighted by molar-refractivity contribution is -0.123. The topological polar surface area (TPSA) is 46.6 Å². The number of hydrogen-bond acceptors (Lipinski definition) is 4. The van der Waals surface area contributed by atoms with Gasteiger partial charge in [-0.15, -0.1) is 0 Å². The number of benzene rings is 3. The van der Waals surface area contributed by atoms with E-state index in [2.05, 4.69) is 31.9 Å². The summed E-state index contributed by atoms with van der Waals surface area (Å²) in [6.45, 7) is 0.241. The third kappa shape index (κ3) is 5.31. The predicted molar refractivity (Wildman–Crippen MR) is 131 cm³/mol. The molecule has 0 aromatic heterocycles. The molecule has 2 amide bonds. The number of amides is 2. The third-order valence-corrected chi connectivity index (χ3v) is 6.66. The molecule has 1 fully saturated rings. The molecule has 162 valence electrons. The summed E-state index contributed by atoms with van der Waals surface area (Å²) in [7, 11) is 0. The van der Waals surface area contributed by atoms with Crippen molar-refractivity contribution in [3.05, 3.63) is 103 Å². The van der Waals surface area contributed by atoms with Crippen LogP contribution in [0.3, 0.4) is 0 Å². The van der Waals surface area contributed by atoms with Crippen molar-refractivity contribution >= 4 is 60.8 Å². The molecular weight excluding hydrogens is 561 g/mol. The van der Waals surface area contributed by atoms with Crippen molar-refractivity contribution in [1.82, 2.24) is 4.90 Å². The van der Waals surface area contributed by atoms with Crippen molar-refractivity contribution in [3.63, 3.8) is 0 Å². The quantitative estimate of drug-likeness (QED) is 0.292. The van der Waals surface area contributed by atoms with Crippen LogP contribution < -0.4 is 4.74 Å². The van der Waals surface area contributed by atoms with Crippen LogP contribution >= 0.6 is 43.6 Å². The van der Waals surface area contributed by atoms with E-state index in [1.54, 1.807) is 42.5 Å². The van der Waals surface area contributed by atoms with E-state index in [9.17, 15) is 14.0 Å². The van der Waals surface area contributed by atoms with Gasteiger partial charge in [-0.05, 0) is 59.8 Å². The Morgan fingerprint density at radius 2 is 1.69 bits per heavy atom. The van der Waals surface area contributed by atoms with E-state index >= 15 is 0 Å². The molecule has 8 heteroatoms. The van der Waals surface area contributed by atoms with Gasteiger partial charge in [0.15, 0.2) is 0 Å². The Hall–Kier alpha value is -2.42. The summed E-state index contributed by atoms with van der Waals surface area (Å²) < 4.78 is 21.5. The van der Waals surface area contributed by atoms with Crippen molar-refractivity contribution < 1.29 is 18.7 Å². The summed E-state index contributed by atoms with van der Waals surface area (Å²) in [6, 6.07) is 19.2. The molecule has 1 aliphatic rings. The molecule has 1 heterocycles. The highest BCUT2D eigenvalue weighted by Gasteiger charge is 2.35. The molecule has 0 aliphatic carbocycles. The van der Waals surface area contributed by atoms with Gasteiger partial charge in [0, 0.05) is 20.1 Å². The number of imide groups is 1. The molecule has 0 atom stereocenters. The van der Waals surface area contributed by atoms with Gasteiger partial charge >= 0.3 is 0 Å². The van der Waals surface area contributed by atoms with Crippen LogP contribution in [0.15, 0.2) is 80.6 Å². The summed E-state index contributed by atoms with van der Waals surface area (Å²) in [5.41, 5.74) is 1.90. The van der Waals surface area contributed by atoms with E-state index in [4.69, 9.17) is 4.74 Å². The molecule has 0 saturated carbocycles. The van der Waals surface area contributed by atoms with E-state index in [0.29, 0.717) is 21.8 Å². The van der Waals surface area contributed by atoms with Crippen LogP contribution in [0.1, 0.15) is 16.7 Å². The van der Waals surface area contributed by atoms with Crippen LogP contribution in [0, 0.1) is 5.82 Å². The predicted octanol–water partition coefficient (Wildman–Crippen LogP) is 7.17. The zero-order chi connectivity index (χ0) is 22.7. The molecular formula is C24H16Br2FNO3S. The highest BCUT2D eigenvalue weighted by atomic mass is 79.9. The van der Waals surface area contributed by atoms with Gasteiger partial charge in [0.05, 0.1) is 11.4 Å². The Morgan fingerprint density at radius 3 is 2.44 bits per heavy atom. The summed E-state index contributed by atoms with van der Waals surface area (Å²) in [5, 5.41) is -0.326. The van der Waals surface area contributed by atoms with Crippen LogP contribution in [-0.2, 0) is 17.9 Å². The number of thioether (sulfide) groups is 1. The lowest BCUT2D eigenvalue weighted by Gasteiger charge is -2.13.